The average Bonchev–Trinajstić information content (AvgIpc) is 2.88. The Kier molecular flexibility index (Phi) is 3.72. The molecular formula is C11H21NO5. The molecule has 1 saturated heterocycles. The second-order valence-corrected chi connectivity index (χ2v) is 4.58. The normalized spacial score (nSPS) is 41.1. The number of aliphatic hydroxyl groups is 2. The minimum Gasteiger partial charge on any atom is -0.390 e. The van der Waals surface area contributed by atoms with Crippen molar-refractivity contribution in [1.29, 1.82) is 0 Å². The lowest BCUT2D eigenvalue weighted by atomic mass is 9.94. The van der Waals surface area contributed by atoms with Crippen molar-refractivity contribution in [2.75, 3.05) is 20.8 Å². The van der Waals surface area contributed by atoms with E-state index in [1.807, 2.05) is 6.92 Å². The number of fused-ring (bicyclic) bond motifs is 2. The Morgan fingerprint density at radius 3 is 2.29 bits per heavy atom. The molecule has 0 amide bonds. The molecule has 1 heterocycles. The van der Waals surface area contributed by atoms with Crippen LogP contribution in [0.2, 0.25) is 0 Å². The number of nitrogens with one attached hydrogen (secondary N) is 1. The van der Waals surface area contributed by atoms with Crippen molar-refractivity contribution in [3.05, 3.63) is 0 Å². The number of hydrogen-bond donors (Lipinski definition) is 3. The molecule has 5 unspecified atom stereocenters. The van der Waals surface area contributed by atoms with E-state index in [0.717, 1.165) is 0 Å². The highest BCUT2D eigenvalue weighted by Crippen LogP contribution is 2.41. The summed E-state index contributed by atoms with van der Waals surface area (Å²) in [5.41, 5.74) is 0. The van der Waals surface area contributed by atoms with Crippen molar-refractivity contribution in [2.45, 2.75) is 43.6 Å². The number of ether oxygens (including phenoxy) is 3. The molecule has 2 aliphatic rings. The maximum Gasteiger partial charge on any atom is 0.299 e. The van der Waals surface area contributed by atoms with E-state index in [1.54, 1.807) is 0 Å². The minimum absolute atomic E-state index is 0.120. The zero-order chi connectivity index (χ0) is 12.6. The van der Waals surface area contributed by atoms with Gasteiger partial charge in [0.15, 0.2) is 0 Å². The van der Waals surface area contributed by atoms with Crippen molar-refractivity contribution < 1.29 is 24.4 Å². The van der Waals surface area contributed by atoms with E-state index in [1.165, 1.54) is 14.2 Å². The van der Waals surface area contributed by atoms with E-state index in [9.17, 15) is 10.2 Å². The molecule has 2 fully saturated rings. The van der Waals surface area contributed by atoms with E-state index in [-0.39, 0.29) is 18.0 Å². The van der Waals surface area contributed by atoms with Crippen molar-refractivity contribution in [2.24, 2.45) is 5.92 Å². The van der Waals surface area contributed by atoms with E-state index in [2.05, 4.69) is 5.32 Å². The highest BCUT2D eigenvalue weighted by atomic mass is 16.9. The van der Waals surface area contributed by atoms with Crippen LogP contribution in [0.5, 0.6) is 0 Å². The summed E-state index contributed by atoms with van der Waals surface area (Å²) >= 11 is 0. The van der Waals surface area contributed by atoms with Crippen molar-refractivity contribution in [3.8, 4) is 0 Å². The van der Waals surface area contributed by atoms with Gasteiger partial charge in [0.2, 0.25) is 0 Å². The Morgan fingerprint density at radius 1 is 1.24 bits per heavy atom. The van der Waals surface area contributed by atoms with Crippen LogP contribution in [0.3, 0.4) is 0 Å². The molecule has 0 radical (unpaired) electrons. The topological polar surface area (TPSA) is 80.2 Å². The average molecular weight is 247 g/mol. The smallest absolute Gasteiger partial charge is 0.299 e. The first-order chi connectivity index (χ1) is 8.09. The van der Waals surface area contributed by atoms with Crippen molar-refractivity contribution >= 4 is 0 Å². The predicted molar refractivity (Wildman–Crippen MR) is 59.2 cm³/mol. The number of methoxy groups -OCH3 is 2. The summed E-state index contributed by atoms with van der Waals surface area (Å²) < 4.78 is 16.2. The van der Waals surface area contributed by atoms with Gasteiger partial charge in [-0.15, -0.1) is 0 Å². The SMILES string of the molecule is CCOC(OC)(OC)C1NC2CC1C(O)C2O. The summed E-state index contributed by atoms with van der Waals surface area (Å²) in [6, 6.07) is -0.397. The third-order valence-corrected chi connectivity index (χ3v) is 3.84. The molecule has 0 spiro atoms. The van der Waals surface area contributed by atoms with Crippen LogP contribution in [0.1, 0.15) is 13.3 Å². The first kappa shape index (κ1) is 13.2. The van der Waals surface area contributed by atoms with Crippen LogP contribution in [0.25, 0.3) is 0 Å². The Balaban J connectivity index is 2.17. The maximum atomic E-state index is 9.92. The number of rotatable bonds is 5. The summed E-state index contributed by atoms with van der Waals surface area (Å²) in [5.74, 6) is -1.32. The highest BCUT2D eigenvalue weighted by Gasteiger charge is 2.59. The quantitative estimate of drug-likeness (QED) is 0.544. The molecule has 2 bridgehead atoms. The Bertz CT molecular complexity index is 269. The van der Waals surface area contributed by atoms with Gasteiger partial charge < -0.3 is 29.7 Å². The molecule has 3 N–H and O–H groups in total. The zero-order valence-corrected chi connectivity index (χ0v) is 10.4. The predicted octanol–water partition coefficient (Wildman–Crippen LogP) is -0.948. The van der Waals surface area contributed by atoms with Crippen LogP contribution in [-0.4, -0.2) is 61.3 Å². The molecule has 6 nitrogen and oxygen atoms in total. The zero-order valence-electron chi connectivity index (χ0n) is 10.4. The number of hydrogen-bond acceptors (Lipinski definition) is 6. The van der Waals surface area contributed by atoms with Gasteiger partial charge in [-0.3, -0.25) is 0 Å². The van der Waals surface area contributed by atoms with Crippen molar-refractivity contribution in [1.82, 2.24) is 5.32 Å². The molecule has 0 aromatic rings. The summed E-state index contributed by atoms with van der Waals surface area (Å²) in [6.07, 6.45) is -0.769. The van der Waals surface area contributed by atoms with Gasteiger partial charge in [0.05, 0.1) is 18.2 Å². The summed E-state index contributed by atoms with van der Waals surface area (Å²) in [6.45, 7) is 2.29. The lowest BCUT2D eigenvalue weighted by molar-refractivity contribution is -0.380. The van der Waals surface area contributed by atoms with Gasteiger partial charge in [0, 0.05) is 32.8 Å². The lowest BCUT2D eigenvalue weighted by Crippen LogP contribution is -2.63. The van der Waals surface area contributed by atoms with E-state index < -0.39 is 18.2 Å². The van der Waals surface area contributed by atoms with Gasteiger partial charge in [-0.25, -0.2) is 0 Å². The highest BCUT2D eigenvalue weighted by molar-refractivity contribution is 5.09. The second-order valence-electron chi connectivity index (χ2n) is 4.58. The van der Waals surface area contributed by atoms with Crippen LogP contribution in [-0.2, 0) is 14.2 Å². The Labute approximate surface area is 101 Å². The molecular weight excluding hydrogens is 226 g/mol. The number of aliphatic hydroxyl groups excluding tert-OH is 2. The van der Waals surface area contributed by atoms with E-state index in [0.29, 0.717) is 13.0 Å². The van der Waals surface area contributed by atoms with Gasteiger partial charge in [-0.1, -0.05) is 0 Å². The monoisotopic (exact) mass is 247 g/mol. The minimum atomic E-state index is -1.20. The summed E-state index contributed by atoms with van der Waals surface area (Å²) in [4.78, 5) is 0. The molecule has 6 heteroatoms. The van der Waals surface area contributed by atoms with Crippen LogP contribution in [0.4, 0.5) is 0 Å². The molecule has 1 saturated carbocycles. The second kappa shape index (κ2) is 4.79. The fraction of sp³-hybridized carbons (Fsp3) is 1.00. The molecule has 0 aromatic heterocycles. The molecule has 100 valence electrons. The third-order valence-electron chi connectivity index (χ3n) is 3.84. The third kappa shape index (κ3) is 1.89. The standard InChI is InChI=1S/C11H21NO5/c1-4-17-11(15-2,16-3)10-6-5-7(12-10)9(14)8(6)13/h6-10,12-14H,4-5H2,1-3H3. The molecule has 17 heavy (non-hydrogen) atoms. The fourth-order valence-electron chi connectivity index (χ4n) is 3.03. The largest absolute Gasteiger partial charge is 0.390 e. The van der Waals surface area contributed by atoms with Crippen molar-refractivity contribution in [3.63, 3.8) is 0 Å². The molecule has 1 aliphatic carbocycles. The molecule has 1 aliphatic heterocycles. The number of piperidine rings is 1. The van der Waals surface area contributed by atoms with Crippen LogP contribution in [0, 0.1) is 5.92 Å². The van der Waals surface area contributed by atoms with E-state index in [4.69, 9.17) is 14.2 Å². The van der Waals surface area contributed by atoms with Crippen LogP contribution >= 0.6 is 0 Å². The summed E-state index contributed by atoms with van der Waals surface area (Å²) in [5, 5.41) is 22.8. The molecule has 5 atom stereocenters. The van der Waals surface area contributed by atoms with Gasteiger partial charge in [-0.2, -0.15) is 0 Å². The summed E-state index contributed by atoms with van der Waals surface area (Å²) in [7, 11) is 3.02. The first-order valence-corrected chi connectivity index (χ1v) is 5.96. The van der Waals surface area contributed by atoms with E-state index >= 15 is 0 Å². The Morgan fingerprint density at radius 2 is 1.88 bits per heavy atom. The maximum absolute atomic E-state index is 9.92. The molecule has 2 rings (SSSR count). The fourth-order valence-corrected chi connectivity index (χ4v) is 3.03. The molecule has 0 aromatic carbocycles. The lowest BCUT2D eigenvalue weighted by Gasteiger charge is -2.41. The van der Waals surface area contributed by atoms with Crippen LogP contribution < -0.4 is 5.32 Å². The van der Waals surface area contributed by atoms with Crippen LogP contribution in [0.15, 0.2) is 0 Å². The van der Waals surface area contributed by atoms with Gasteiger partial charge >= 0.3 is 0 Å². The van der Waals surface area contributed by atoms with Gasteiger partial charge in [0.1, 0.15) is 0 Å². The Hall–Kier alpha value is -0.240. The van der Waals surface area contributed by atoms with Gasteiger partial charge in [0.25, 0.3) is 5.97 Å². The van der Waals surface area contributed by atoms with Gasteiger partial charge in [-0.05, 0) is 13.3 Å². The first-order valence-electron chi connectivity index (χ1n) is 5.96.